The first kappa shape index (κ1) is 19.4. The van der Waals surface area contributed by atoms with Crippen molar-refractivity contribution in [2.45, 2.75) is 18.9 Å². The molecule has 0 spiro atoms. The van der Waals surface area contributed by atoms with Crippen molar-refractivity contribution in [3.8, 4) is 17.3 Å². The Hall–Kier alpha value is -4.26. The monoisotopic (exact) mass is 438 g/mol. The van der Waals surface area contributed by atoms with Crippen LogP contribution in [-0.2, 0) is 7.05 Å². The molecule has 10 heteroatoms. The second-order valence-corrected chi connectivity index (χ2v) is 8.47. The van der Waals surface area contributed by atoms with Crippen LogP contribution in [-0.4, -0.2) is 52.4 Å². The Morgan fingerprint density at radius 1 is 1.24 bits per heavy atom. The molecule has 0 radical (unpaired) electrons. The lowest BCUT2D eigenvalue weighted by Gasteiger charge is -2.22. The van der Waals surface area contributed by atoms with Gasteiger partial charge in [0, 0.05) is 67.2 Å². The van der Waals surface area contributed by atoms with Crippen LogP contribution in [0.2, 0.25) is 0 Å². The van der Waals surface area contributed by atoms with Crippen LogP contribution in [0, 0.1) is 17.2 Å². The number of aromatic amines is 1. The summed E-state index contributed by atoms with van der Waals surface area (Å²) < 4.78 is 3.93. The molecule has 0 saturated carbocycles. The van der Waals surface area contributed by atoms with Crippen molar-refractivity contribution in [1.29, 1.82) is 5.26 Å². The van der Waals surface area contributed by atoms with Gasteiger partial charge in [0.1, 0.15) is 17.6 Å². The summed E-state index contributed by atoms with van der Waals surface area (Å²) in [7, 11) is 1.99. The lowest BCUT2D eigenvalue weighted by molar-refractivity contribution is 0.332. The number of H-pyrrole nitrogens is 1. The molecule has 1 fully saturated rings. The second-order valence-electron chi connectivity index (χ2n) is 8.47. The first-order valence-electron chi connectivity index (χ1n) is 10.9. The third-order valence-corrected chi connectivity index (χ3v) is 6.52. The van der Waals surface area contributed by atoms with Gasteiger partial charge in [-0.1, -0.05) is 0 Å². The van der Waals surface area contributed by atoms with Crippen molar-refractivity contribution in [3.05, 3.63) is 49.4 Å². The smallest absolute Gasteiger partial charge is 0.227 e. The maximum absolute atomic E-state index is 9.55. The number of nitrogens with one attached hydrogen (secondary N) is 1. The molecule has 6 heterocycles. The Kier molecular flexibility index (Phi) is 4.54. The van der Waals surface area contributed by atoms with Gasteiger partial charge >= 0.3 is 0 Å². The molecule has 2 unspecified atom stereocenters. The average molecular weight is 438 g/mol. The Labute approximate surface area is 189 Å². The summed E-state index contributed by atoms with van der Waals surface area (Å²) in [6.07, 6.45) is 12.4. The Morgan fingerprint density at radius 2 is 2.18 bits per heavy atom. The molecule has 10 nitrogen and oxygen atoms in total. The molecular weight excluding hydrogens is 416 g/mol. The standard InChI is InChI=1S/C23H22N10/c1-31-8-4-15-10-26-23(30-22(15)31)32-9-5-16(12-32)19(2-6-24)33-13-17(11-29-33)20-18-3-7-25-21(18)28-14-27-20/h3-4,7-8,10-11,13-14,16,19H,2,5,9,12H2,1H3,(H,25,27,28). The van der Waals surface area contributed by atoms with E-state index in [0.717, 1.165) is 58.8 Å². The average Bonchev–Trinajstić information content (AvgIpc) is 3.64. The minimum absolute atomic E-state index is 0.0314. The van der Waals surface area contributed by atoms with Gasteiger partial charge < -0.3 is 14.5 Å². The number of nitrogens with zero attached hydrogens (tertiary/aromatic N) is 9. The number of hydrogen-bond donors (Lipinski definition) is 1. The van der Waals surface area contributed by atoms with Crippen molar-refractivity contribution in [2.24, 2.45) is 13.0 Å². The van der Waals surface area contributed by atoms with Gasteiger partial charge in [-0.2, -0.15) is 15.3 Å². The van der Waals surface area contributed by atoms with Crippen molar-refractivity contribution < 1.29 is 0 Å². The minimum Gasteiger partial charge on any atom is -0.346 e. The molecule has 0 amide bonds. The van der Waals surface area contributed by atoms with Crippen LogP contribution >= 0.6 is 0 Å². The number of hydrogen-bond acceptors (Lipinski definition) is 7. The van der Waals surface area contributed by atoms with Gasteiger partial charge in [-0.05, 0) is 18.6 Å². The van der Waals surface area contributed by atoms with Crippen molar-refractivity contribution >= 4 is 28.0 Å². The van der Waals surface area contributed by atoms with E-state index in [1.54, 1.807) is 6.33 Å². The lowest BCUT2D eigenvalue weighted by atomic mass is 9.96. The zero-order valence-electron chi connectivity index (χ0n) is 18.1. The summed E-state index contributed by atoms with van der Waals surface area (Å²) in [5, 5.41) is 16.2. The lowest BCUT2D eigenvalue weighted by Crippen LogP contribution is -2.26. The second kappa shape index (κ2) is 7.70. The van der Waals surface area contributed by atoms with Crippen LogP contribution in [0.1, 0.15) is 18.9 Å². The van der Waals surface area contributed by atoms with E-state index in [1.165, 1.54) is 0 Å². The van der Waals surface area contributed by atoms with Crippen LogP contribution in [0.5, 0.6) is 0 Å². The Balaban J connectivity index is 1.27. The fourth-order valence-corrected chi connectivity index (χ4v) is 4.79. The summed E-state index contributed by atoms with van der Waals surface area (Å²) in [5.74, 6) is 1.00. The normalized spacial score (nSPS) is 17.1. The van der Waals surface area contributed by atoms with E-state index in [2.05, 4.69) is 36.0 Å². The van der Waals surface area contributed by atoms with E-state index in [1.807, 2.05) is 59.4 Å². The number of anilines is 1. The molecule has 164 valence electrons. The summed E-state index contributed by atoms with van der Waals surface area (Å²) in [4.78, 5) is 23.4. The van der Waals surface area contributed by atoms with Gasteiger partial charge in [0.05, 0.1) is 30.4 Å². The molecule has 1 aliphatic rings. The van der Waals surface area contributed by atoms with E-state index in [0.29, 0.717) is 6.42 Å². The maximum Gasteiger partial charge on any atom is 0.227 e. The molecule has 33 heavy (non-hydrogen) atoms. The fourth-order valence-electron chi connectivity index (χ4n) is 4.79. The zero-order valence-corrected chi connectivity index (χ0v) is 18.1. The minimum atomic E-state index is -0.0314. The number of aryl methyl sites for hydroxylation is 1. The first-order valence-corrected chi connectivity index (χ1v) is 10.9. The largest absolute Gasteiger partial charge is 0.346 e. The molecule has 1 saturated heterocycles. The molecule has 6 rings (SSSR count). The van der Waals surface area contributed by atoms with E-state index in [9.17, 15) is 5.26 Å². The molecule has 1 N–H and O–H groups in total. The summed E-state index contributed by atoms with van der Waals surface area (Å²) in [5.41, 5.74) is 3.47. The van der Waals surface area contributed by atoms with Crippen LogP contribution in [0.15, 0.2) is 49.4 Å². The van der Waals surface area contributed by atoms with Crippen LogP contribution in [0.25, 0.3) is 33.3 Å². The topological polar surface area (TPSA) is 117 Å². The van der Waals surface area contributed by atoms with Crippen molar-refractivity contribution in [2.75, 3.05) is 18.0 Å². The maximum atomic E-state index is 9.55. The van der Waals surface area contributed by atoms with E-state index in [4.69, 9.17) is 4.98 Å². The fraction of sp³-hybridized carbons (Fsp3) is 0.304. The number of fused-ring (bicyclic) bond motifs is 2. The number of rotatable bonds is 5. The molecule has 2 atom stereocenters. The van der Waals surface area contributed by atoms with Crippen molar-refractivity contribution in [1.82, 2.24) is 39.3 Å². The third-order valence-electron chi connectivity index (χ3n) is 6.52. The van der Waals surface area contributed by atoms with Gasteiger partial charge in [-0.25, -0.2) is 15.0 Å². The molecule has 0 aliphatic carbocycles. The first-order chi connectivity index (χ1) is 16.2. The highest BCUT2D eigenvalue weighted by Crippen LogP contribution is 2.33. The highest BCUT2D eigenvalue weighted by atomic mass is 15.3. The van der Waals surface area contributed by atoms with E-state index >= 15 is 0 Å². The SMILES string of the molecule is Cn1ccc2cnc(N3CCC(C(CC#N)n4cc(-c5ncnc6[nH]ccc56)cn4)C3)nc21. The third kappa shape index (κ3) is 3.29. The number of aromatic nitrogens is 8. The Morgan fingerprint density at radius 3 is 3.09 bits per heavy atom. The van der Waals surface area contributed by atoms with Crippen LogP contribution in [0.4, 0.5) is 5.95 Å². The molecule has 0 bridgehead atoms. The summed E-state index contributed by atoms with van der Waals surface area (Å²) in [6, 6.07) is 6.31. The van der Waals surface area contributed by atoms with Gasteiger partial charge in [0.15, 0.2) is 0 Å². The van der Waals surface area contributed by atoms with Gasteiger partial charge in [-0.15, -0.1) is 0 Å². The van der Waals surface area contributed by atoms with Crippen LogP contribution < -0.4 is 4.90 Å². The molecule has 0 aromatic carbocycles. The summed E-state index contributed by atoms with van der Waals surface area (Å²) >= 11 is 0. The summed E-state index contributed by atoms with van der Waals surface area (Å²) in [6.45, 7) is 1.64. The quantitative estimate of drug-likeness (QED) is 0.448. The van der Waals surface area contributed by atoms with Gasteiger partial charge in [0.2, 0.25) is 5.95 Å². The molecule has 5 aromatic heterocycles. The number of nitriles is 1. The molecule has 5 aromatic rings. The van der Waals surface area contributed by atoms with Gasteiger partial charge in [0.25, 0.3) is 0 Å². The highest BCUT2D eigenvalue weighted by molar-refractivity contribution is 5.90. The van der Waals surface area contributed by atoms with Crippen molar-refractivity contribution in [3.63, 3.8) is 0 Å². The van der Waals surface area contributed by atoms with Gasteiger partial charge in [-0.3, -0.25) is 4.68 Å². The Bertz CT molecular complexity index is 1490. The van der Waals surface area contributed by atoms with E-state index in [-0.39, 0.29) is 12.0 Å². The zero-order chi connectivity index (χ0) is 22.4. The highest BCUT2D eigenvalue weighted by Gasteiger charge is 2.32. The predicted molar refractivity (Wildman–Crippen MR) is 123 cm³/mol. The van der Waals surface area contributed by atoms with E-state index < -0.39 is 0 Å². The van der Waals surface area contributed by atoms with Crippen LogP contribution in [0.3, 0.4) is 0 Å². The predicted octanol–water partition coefficient (Wildman–Crippen LogP) is 3.08. The molecule has 1 aliphatic heterocycles. The molecular formula is C23H22N10.